The second kappa shape index (κ2) is 14.4. The Balaban J connectivity index is 1.55. The average molecular weight is 756 g/mol. The third-order valence-electron chi connectivity index (χ3n) is 8.43. The summed E-state index contributed by atoms with van der Waals surface area (Å²) in [6, 6.07) is 11.4. The minimum absolute atomic E-state index is 0.0789. The van der Waals surface area contributed by atoms with Gasteiger partial charge < -0.3 is 0 Å². The number of hydrogen-bond acceptors (Lipinski definition) is 6. The highest BCUT2D eigenvalue weighted by Gasteiger charge is 2.35. The fourth-order valence-corrected chi connectivity index (χ4v) is 6.21. The standard InChI is InChI=1S/C42H48BrClN4O2/c1-39(2,3)29-17-25(18-30(37(29)49)40(4,5)6)23-45-47-35-15-13-27(21-33(35)43)28-14-16-36(34(44)22-28)48-46-24-26-19-31(41(7,8)9)38(50)32(20-26)42(10,11)12/h13-24H,1-12H3/b47-45+,48-46+. The van der Waals surface area contributed by atoms with Crippen molar-refractivity contribution in [2.45, 2.75) is 83.1 Å². The Morgan fingerprint density at radius 2 is 0.880 bits per heavy atom. The quantitative estimate of drug-likeness (QED) is 0.285. The molecule has 0 N–H and O–H groups in total. The van der Waals surface area contributed by atoms with Gasteiger partial charge in [0.25, 0.3) is 0 Å². The number of Topliss-reactive ketones (excluding diaryl/α,β-unsaturated/α-hetero) is 2. The maximum Gasteiger partial charge on any atom is 0.186 e. The van der Waals surface area contributed by atoms with Gasteiger partial charge in [0.05, 0.1) is 23.1 Å². The lowest BCUT2D eigenvalue weighted by Crippen LogP contribution is -2.27. The third kappa shape index (κ3) is 9.29. The summed E-state index contributed by atoms with van der Waals surface area (Å²) in [6.07, 6.45) is 11.0. The van der Waals surface area contributed by atoms with Crippen LogP contribution in [-0.4, -0.2) is 11.6 Å². The number of benzene rings is 2. The molecule has 0 unspecified atom stereocenters. The van der Waals surface area contributed by atoms with E-state index in [-0.39, 0.29) is 33.2 Å². The van der Waals surface area contributed by atoms with E-state index in [4.69, 9.17) is 11.6 Å². The number of halogens is 2. The van der Waals surface area contributed by atoms with E-state index in [0.29, 0.717) is 16.4 Å². The highest BCUT2D eigenvalue weighted by atomic mass is 79.9. The number of ketones is 2. The highest BCUT2D eigenvalue weighted by Crippen LogP contribution is 2.41. The molecule has 2 aliphatic carbocycles. The lowest BCUT2D eigenvalue weighted by molar-refractivity contribution is -0.114. The molecule has 2 aromatic rings. The van der Waals surface area contributed by atoms with E-state index in [9.17, 15) is 9.59 Å². The van der Waals surface area contributed by atoms with Gasteiger partial charge in [-0.05, 0) is 108 Å². The van der Waals surface area contributed by atoms with Gasteiger partial charge in [-0.15, -0.1) is 10.2 Å². The first-order valence-corrected chi connectivity index (χ1v) is 17.9. The van der Waals surface area contributed by atoms with Gasteiger partial charge in [-0.2, -0.15) is 10.2 Å². The zero-order valence-electron chi connectivity index (χ0n) is 31.3. The molecule has 0 saturated heterocycles. The Hall–Kier alpha value is -3.81. The van der Waals surface area contributed by atoms with Gasteiger partial charge in [0.2, 0.25) is 0 Å². The molecule has 0 fully saturated rings. The minimum Gasteiger partial charge on any atom is -0.289 e. The summed E-state index contributed by atoms with van der Waals surface area (Å²) >= 11 is 10.3. The number of carbonyl (C=O) groups excluding carboxylic acids is 2. The van der Waals surface area contributed by atoms with Crippen LogP contribution in [0.1, 0.15) is 83.1 Å². The maximum absolute atomic E-state index is 13.2. The molecular formula is C42H48BrClN4O2. The van der Waals surface area contributed by atoms with Crippen molar-refractivity contribution in [1.29, 1.82) is 0 Å². The van der Waals surface area contributed by atoms with Gasteiger partial charge in [0.1, 0.15) is 5.69 Å². The first kappa shape index (κ1) is 39.0. The molecule has 4 rings (SSSR count). The van der Waals surface area contributed by atoms with Crippen molar-refractivity contribution in [3.05, 3.63) is 116 Å². The molecule has 8 heteroatoms. The summed E-state index contributed by atoms with van der Waals surface area (Å²) in [4.78, 5) is 26.4. The van der Waals surface area contributed by atoms with Crippen molar-refractivity contribution in [3.8, 4) is 11.1 Å². The lowest BCUT2D eigenvalue weighted by Gasteiger charge is -2.31. The van der Waals surface area contributed by atoms with Gasteiger partial charge >= 0.3 is 0 Å². The predicted octanol–water partition coefficient (Wildman–Crippen LogP) is 13.8. The van der Waals surface area contributed by atoms with E-state index < -0.39 is 0 Å². The van der Waals surface area contributed by atoms with Crippen molar-refractivity contribution in [1.82, 2.24) is 0 Å². The van der Waals surface area contributed by atoms with Gasteiger partial charge in [0, 0.05) is 26.8 Å². The van der Waals surface area contributed by atoms with E-state index in [0.717, 1.165) is 49.0 Å². The van der Waals surface area contributed by atoms with E-state index >= 15 is 0 Å². The Labute approximate surface area is 311 Å². The molecule has 0 aliphatic heterocycles. The molecule has 0 spiro atoms. The van der Waals surface area contributed by atoms with Crippen LogP contribution in [0.4, 0.5) is 11.4 Å². The fraction of sp³-hybridized carbons (Fsp3) is 0.381. The van der Waals surface area contributed by atoms with E-state index in [1.54, 1.807) is 12.4 Å². The first-order valence-electron chi connectivity index (χ1n) is 16.8. The lowest BCUT2D eigenvalue weighted by atomic mass is 9.72. The van der Waals surface area contributed by atoms with Crippen molar-refractivity contribution in [2.24, 2.45) is 42.1 Å². The molecule has 6 nitrogen and oxygen atoms in total. The summed E-state index contributed by atoms with van der Waals surface area (Å²) in [5, 5.41) is 18.0. The van der Waals surface area contributed by atoms with E-state index in [1.807, 2.05) is 144 Å². The van der Waals surface area contributed by atoms with Crippen LogP contribution < -0.4 is 0 Å². The van der Waals surface area contributed by atoms with Crippen molar-refractivity contribution < 1.29 is 9.59 Å². The van der Waals surface area contributed by atoms with Crippen LogP contribution in [0.25, 0.3) is 11.1 Å². The molecule has 0 heterocycles. The number of azo groups is 2. The van der Waals surface area contributed by atoms with Gasteiger partial charge in [-0.25, -0.2) is 0 Å². The first-order chi connectivity index (χ1) is 23.0. The third-order valence-corrected chi connectivity index (χ3v) is 9.37. The Bertz CT molecular complexity index is 1760. The molecule has 262 valence electrons. The monoisotopic (exact) mass is 754 g/mol. The van der Waals surface area contributed by atoms with Crippen molar-refractivity contribution >= 4 is 50.5 Å². The molecule has 2 aromatic carbocycles. The van der Waals surface area contributed by atoms with Crippen molar-refractivity contribution in [3.63, 3.8) is 0 Å². The average Bonchev–Trinajstić information content (AvgIpc) is 2.97. The van der Waals surface area contributed by atoms with Crippen LogP contribution in [0.5, 0.6) is 0 Å². The molecular weight excluding hydrogens is 708 g/mol. The summed E-state index contributed by atoms with van der Waals surface area (Å²) in [7, 11) is 0. The van der Waals surface area contributed by atoms with Crippen LogP contribution in [0.15, 0.2) is 131 Å². The summed E-state index contributed by atoms with van der Waals surface area (Å²) in [5.41, 5.74) is 6.56. The second-order valence-electron chi connectivity index (χ2n) is 16.9. The van der Waals surface area contributed by atoms with Crippen molar-refractivity contribution in [2.75, 3.05) is 0 Å². The highest BCUT2D eigenvalue weighted by molar-refractivity contribution is 9.10. The number of allylic oxidation sites excluding steroid dienone is 10. The van der Waals surface area contributed by atoms with E-state index in [1.165, 1.54) is 0 Å². The molecule has 0 amide bonds. The van der Waals surface area contributed by atoms with Gasteiger partial charge in [-0.1, -0.05) is 107 Å². The minimum atomic E-state index is -0.301. The molecule has 0 radical (unpaired) electrons. The molecule has 0 atom stereocenters. The Kier molecular flexibility index (Phi) is 11.3. The van der Waals surface area contributed by atoms with E-state index in [2.05, 4.69) is 36.4 Å². The second-order valence-corrected chi connectivity index (χ2v) is 18.2. The van der Waals surface area contributed by atoms with Crippen LogP contribution in [0.2, 0.25) is 5.02 Å². The van der Waals surface area contributed by atoms with Gasteiger partial charge in [-0.3, -0.25) is 9.59 Å². The normalized spacial score (nSPS) is 16.5. The summed E-state index contributed by atoms with van der Waals surface area (Å²) in [5.74, 6) is 0.165. The maximum atomic E-state index is 13.2. The SMILES string of the molecule is CC(C)(C)C1=CC(=C/N=N/c2ccc(-c3ccc(/N=N/C=C4C=C(C(C)(C)C)C(=O)C(C(C)(C)C)=C4)c(Br)c3)cc2Cl)C=C(C(C)(C)C)C1=O. The van der Waals surface area contributed by atoms with Crippen LogP contribution in [0.3, 0.4) is 0 Å². The Morgan fingerprint density at radius 1 is 0.540 bits per heavy atom. The van der Waals surface area contributed by atoms with Crippen LogP contribution >= 0.6 is 27.5 Å². The molecule has 0 aromatic heterocycles. The smallest absolute Gasteiger partial charge is 0.186 e. The van der Waals surface area contributed by atoms with Crippen LogP contribution in [0, 0.1) is 21.7 Å². The van der Waals surface area contributed by atoms with Crippen LogP contribution in [-0.2, 0) is 9.59 Å². The zero-order chi connectivity index (χ0) is 37.4. The largest absolute Gasteiger partial charge is 0.289 e. The zero-order valence-corrected chi connectivity index (χ0v) is 33.6. The number of hydrogen-bond donors (Lipinski definition) is 0. The fourth-order valence-electron chi connectivity index (χ4n) is 5.53. The molecule has 50 heavy (non-hydrogen) atoms. The molecule has 2 aliphatic rings. The molecule has 0 bridgehead atoms. The Morgan fingerprint density at radius 3 is 1.22 bits per heavy atom. The van der Waals surface area contributed by atoms with Gasteiger partial charge in [0.15, 0.2) is 11.6 Å². The number of nitrogens with zero attached hydrogens (tertiary/aromatic N) is 4. The summed E-state index contributed by atoms with van der Waals surface area (Å²) in [6.45, 7) is 24.5. The molecule has 0 saturated carbocycles. The number of rotatable bonds is 5. The predicted molar refractivity (Wildman–Crippen MR) is 210 cm³/mol. The topological polar surface area (TPSA) is 83.6 Å². The number of carbonyl (C=O) groups is 2. The summed E-state index contributed by atoms with van der Waals surface area (Å²) < 4.78 is 0.774.